The molecular weight excluding hydrogens is 217 g/mol. The predicted octanol–water partition coefficient (Wildman–Crippen LogP) is 3.24. The van der Waals surface area contributed by atoms with Crippen LogP contribution in [0.5, 0.6) is 0 Å². The molecule has 0 saturated heterocycles. The van der Waals surface area contributed by atoms with Crippen LogP contribution in [-0.2, 0) is 17.9 Å². The van der Waals surface area contributed by atoms with E-state index in [1.807, 2.05) is 13.0 Å². The zero-order chi connectivity index (χ0) is 12.8. The van der Waals surface area contributed by atoms with E-state index >= 15 is 0 Å². The highest BCUT2D eigenvalue weighted by molar-refractivity contribution is 5.24. The highest BCUT2D eigenvalue weighted by Gasteiger charge is 2.06. The van der Waals surface area contributed by atoms with Crippen molar-refractivity contribution in [1.29, 1.82) is 0 Å². The number of halogens is 1. The van der Waals surface area contributed by atoms with E-state index in [0.29, 0.717) is 19.1 Å². The summed E-state index contributed by atoms with van der Waals surface area (Å²) in [4.78, 5) is 0. The Morgan fingerprint density at radius 2 is 1.82 bits per heavy atom. The molecule has 1 unspecified atom stereocenters. The fourth-order valence-electron chi connectivity index (χ4n) is 1.89. The molecular formula is C14H22FNO. The van der Waals surface area contributed by atoms with Gasteiger partial charge in [-0.2, -0.15) is 0 Å². The largest absolute Gasteiger partial charge is 0.374 e. The molecule has 0 heterocycles. The SMILES string of the molecule is CC(C)CC(C)OCc1cc(F)cc(CN)c1. The van der Waals surface area contributed by atoms with Crippen LogP contribution < -0.4 is 5.73 Å². The maximum absolute atomic E-state index is 13.2. The molecule has 0 aliphatic heterocycles. The summed E-state index contributed by atoms with van der Waals surface area (Å²) in [6, 6.07) is 4.85. The Hall–Kier alpha value is -0.930. The van der Waals surface area contributed by atoms with E-state index in [-0.39, 0.29) is 11.9 Å². The molecule has 3 heteroatoms. The van der Waals surface area contributed by atoms with Crippen molar-refractivity contribution in [1.82, 2.24) is 0 Å². The molecule has 1 atom stereocenters. The second kappa shape index (κ2) is 6.72. The Labute approximate surface area is 103 Å². The maximum Gasteiger partial charge on any atom is 0.123 e. The molecule has 0 aliphatic carbocycles. The van der Waals surface area contributed by atoms with Crippen LogP contribution in [-0.4, -0.2) is 6.10 Å². The zero-order valence-corrected chi connectivity index (χ0v) is 10.9. The molecule has 2 N–H and O–H groups in total. The molecule has 0 saturated carbocycles. The number of rotatable bonds is 6. The summed E-state index contributed by atoms with van der Waals surface area (Å²) >= 11 is 0. The van der Waals surface area contributed by atoms with E-state index < -0.39 is 0 Å². The van der Waals surface area contributed by atoms with Gasteiger partial charge in [0.2, 0.25) is 0 Å². The molecule has 0 aromatic heterocycles. The molecule has 0 fully saturated rings. The van der Waals surface area contributed by atoms with E-state index in [4.69, 9.17) is 10.5 Å². The van der Waals surface area contributed by atoms with Crippen LogP contribution in [0.2, 0.25) is 0 Å². The molecule has 0 spiro atoms. The van der Waals surface area contributed by atoms with Crippen LogP contribution >= 0.6 is 0 Å². The summed E-state index contributed by atoms with van der Waals surface area (Å²) < 4.78 is 18.9. The summed E-state index contributed by atoms with van der Waals surface area (Å²) in [6.07, 6.45) is 1.21. The van der Waals surface area contributed by atoms with Crippen LogP contribution in [0.15, 0.2) is 18.2 Å². The van der Waals surface area contributed by atoms with E-state index in [1.165, 1.54) is 12.1 Å². The second-order valence-electron chi connectivity index (χ2n) is 4.92. The van der Waals surface area contributed by atoms with Crippen molar-refractivity contribution in [2.75, 3.05) is 0 Å². The quantitative estimate of drug-likeness (QED) is 0.827. The third-order valence-corrected chi connectivity index (χ3v) is 2.59. The Bertz CT molecular complexity index is 352. The second-order valence-corrected chi connectivity index (χ2v) is 4.92. The summed E-state index contributed by atoms with van der Waals surface area (Å²) in [5.74, 6) is 0.361. The van der Waals surface area contributed by atoms with Gasteiger partial charge in [0.1, 0.15) is 5.82 Å². The Morgan fingerprint density at radius 3 is 2.41 bits per heavy atom. The highest BCUT2D eigenvalue weighted by Crippen LogP contribution is 2.13. The minimum Gasteiger partial charge on any atom is -0.374 e. The van der Waals surface area contributed by atoms with Crippen molar-refractivity contribution in [2.45, 2.75) is 46.4 Å². The lowest BCUT2D eigenvalue weighted by Gasteiger charge is -2.15. The number of nitrogens with two attached hydrogens (primary N) is 1. The van der Waals surface area contributed by atoms with Crippen LogP contribution in [0.1, 0.15) is 38.3 Å². The first-order chi connectivity index (χ1) is 8.01. The molecule has 2 nitrogen and oxygen atoms in total. The van der Waals surface area contributed by atoms with Gasteiger partial charge in [0, 0.05) is 6.54 Å². The summed E-state index contributed by atoms with van der Waals surface area (Å²) in [6.45, 7) is 7.16. The average Bonchev–Trinajstić information content (AvgIpc) is 2.24. The first kappa shape index (κ1) is 14.1. The standard InChI is InChI=1S/C14H22FNO/c1-10(2)4-11(3)17-9-13-5-12(8-16)6-14(15)7-13/h5-7,10-11H,4,8-9,16H2,1-3H3. The monoisotopic (exact) mass is 239 g/mol. The molecule has 0 aliphatic rings. The van der Waals surface area contributed by atoms with Crippen LogP contribution in [0, 0.1) is 11.7 Å². The van der Waals surface area contributed by atoms with Gasteiger partial charge >= 0.3 is 0 Å². The minimum atomic E-state index is -0.247. The Morgan fingerprint density at radius 1 is 1.18 bits per heavy atom. The third-order valence-electron chi connectivity index (χ3n) is 2.59. The third kappa shape index (κ3) is 5.29. The van der Waals surface area contributed by atoms with E-state index in [1.54, 1.807) is 0 Å². The fourth-order valence-corrected chi connectivity index (χ4v) is 1.89. The van der Waals surface area contributed by atoms with Crippen molar-refractivity contribution in [3.05, 3.63) is 35.1 Å². The molecule has 0 radical (unpaired) electrons. The highest BCUT2D eigenvalue weighted by atomic mass is 19.1. The van der Waals surface area contributed by atoms with Gasteiger partial charge in [0.15, 0.2) is 0 Å². The van der Waals surface area contributed by atoms with Crippen molar-refractivity contribution in [2.24, 2.45) is 11.7 Å². The zero-order valence-electron chi connectivity index (χ0n) is 10.9. The number of hydrogen-bond acceptors (Lipinski definition) is 2. The molecule has 96 valence electrons. The predicted molar refractivity (Wildman–Crippen MR) is 68.0 cm³/mol. The van der Waals surface area contributed by atoms with Gasteiger partial charge in [-0.3, -0.25) is 0 Å². The van der Waals surface area contributed by atoms with Gasteiger partial charge in [-0.15, -0.1) is 0 Å². The van der Waals surface area contributed by atoms with E-state index in [0.717, 1.165) is 17.5 Å². The van der Waals surface area contributed by atoms with Gasteiger partial charge in [-0.1, -0.05) is 19.9 Å². The van der Waals surface area contributed by atoms with Crippen molar-refractivity contribution in [3.8, 4) is 0 Å². The topological polar surface area (TPSA) is 35.2 Å². The lowest BCUT2D eigenvalue weighted by atomic mass is 10.1. The normalized spacial score (nSPS) is 13.1. The fraction of sp³-hybridized carbons (Fsp3) is 0.571. The first-order valence-corrected chi connectivity index (χ1v) is 6.11. The van der Waals surface area contributed by atoms with Gasteiger partial charge in [0.25, 0.3) is 0 Å². The number of benzene rings is 1. The van der Waals surface area contributed by atoms with Gasteiger partial charge in [-0.25, -0.2) is 4.39 Å². The minimum absolute atomic E-state index is 0.194. The summed E-state index contributed by atoms with van der Waals surface area (Å²) in [7, 11) is 0. The van der Waals surface area contributed by atoms with Crippen molar-refractivity contribution in [3.63, 3.8) is 0 Å². The molecule has 0 bridgehead atoms. The van der Waals surface area contributed by atoms with Crippen molar-refractivity contribution >= 4 is 0 Å². The van der Waals surface area contributed by atoms with Crippen LogP contribution in [0.3, 0.4) is 0 Å². The van der Waals surface area contributed by atoms with E-state index in [9.17, 15) is 4.39 Å². The molecule has 17 heavy (non-hydrogen) atoms. The van der Waals surface area contributed by atoms with Gasteiger partial charge in [0.05, 0.1) is 12.7 Å². The summed E-state index contributed by atoms with van der Waals surface area (Å²) in [5, 5.41) is 0. The molecule has 1 rings (SSSR count). The van der Waals surface area contributed by atoms with Gasteiger partial charge in [-0.05, 0) is 42.5 Å². The average molecular weight is 239 g/mol. The lowest BCUT2D eigenvalue weighted by molar-refractivity contribution is 0.0395. The lowest BCUT2D eigenvalue weighted by Crippen LogP contribution is -2.11. The van der Waals surface area contributed by atoms with Crippen LogP contribution in [0.25, 0.3) is 0 Å². The van der Waals surface area contributed by atoms with Crippen molar-refractivity contribution < 1.29 is 9.13 Å². The summed E-state index contributed by atoms with van der Waals surface area (Å²) in [5.41, 5.74) is 7.16. The maximum atomic E-state index is 13.2. The van der Waals surface area contributed by atoms with E-state index in [2.05, 4.69) is 13.8 Å². The smallest absolute Gasteiger partial charge is 0.123 e. The Kier molecular flexibility index (Phi) is 5.59. The number of hydrogen-bond donors (Lipinski definition) is 1. The molecule has 0 amide bonds. The molecule has 1 aromatic carbocycles. The number of ether oxygens (including phenoxy) is 1. The Balaban J connectivity index is 2.54. The van der Waals surface area contributed by atoms with Crippen LogP contribution in [0.4, 0.5) is 4.39 Å². The molecule has 1 aromatic rings. The van der Waals surface area contributed by atoms with Gasteiger partial charge < -0.3 is 10.5 Å². The first-order valence-electron chi connectivity index (χ1n) is 6.11.